The number of aromatic nitrogens is 1. The average Bonchev–Trinajstić information content (AvgIpc) is 2.99. The summed E-state index contributed by atoms with van der Waals surface area (Å²) in [4.78, 5) is 0. The molecule has 0 aliphatic heterocycles. The molecule has 0 N–H and O–H groups in total. The molecule has 0 atom stereocenters. The summed E-state index contributed by atoms with van der Waals surface area (Å²) in [6.07, 6.45) is 4.70. The van der Waals surface area contributed by atoms with E-state index in [0.717, 1.165) is 34.4 Å². The SMILES string of the molecule is C=C(C)c1ccc(-n2cc(C#N)c(Cc3ccccc3)c2)cc1. The smallest absolute Gasteiger partial charge is 0.101 e. The van der Waals surface area contributed by atoms with Crippen LogP contribution in [0.3, 0.4) is 0 Å². The minimum absolute atomic E-state index is 0.720. The molecule has 0 unspecified atom stereocenters. The quantitative estimate of drug-likeness (QED) is 0.668. The first-order chi connectivity index (χ1) is 11.2. The minimum Gasteiger partial charge on any atom is -0.322 e. The predicted molar refractivity (Wildman–Crippen MR) is 94.4 cm³/mol. The zero-order chi connectivity index (χ0) is 16.2. The lowest BCUT2D eigenvalue weighted by atomic mass is 10.1. The van der Waals surface area contributed by atoms with Crippen molar-refractivity contribution in [1.29, 1.82) is 5.26 Å². The Morgan fingerprint density at radius 2 is 1.74 bits per heavy atom. The maximum absolute atomic E-state index is 9.40. The van der Waals surface area contributed by atoms with Gasteiger partial charge in [-0.1, -0.05) is 54.6 Å². The van der Waals surface area contributed by atoms with E-state index in [4.69, 9.17) is 0 Å². The number of rotatable bonds is 4. The molecule has 3 aromatic rings. The molecule has 0 saturated heterocycles. The molecule has 0 fully saturated rings. The Labute approximate surface area is 136 Å². The van der Waals surface area contributed by atoms with Crippen molar-refractivity contribution in [2.24, 2.45) is 0 Å². The lowest BCUT2D eigenvalue weighted by Crippen LogP contribution is -1.91. The highest BCUT2D eigenvalue weighted by Gasteiger charge is 2.08. The molecule has 0 radical (unpaired) electrons. The number of nitriles is 1. The predicted octanol–water partition coefficient (Wildman–Crippen LogP) is 4.97. The Hall–Kier alpha value is -3.05. The van der Waals surface area contributed by atoms with Gasteiger partial charge in [0.15, 0.2) is 0 Å². The van der Waals surface area contributed by atoms with Gasteiger partial charge in [-0.15, -0.1) is 0 Å². The lowest BCUT2D eigenvalue weighted by molar-refractivity contribution is 1.06. The van der Waals surface area contributed by atoms with Crippen LogP contribution in [-0.4, -0.2) is 4.57 Å². The molecule has 0 amide bonds. The van der Waals surface area contributed by atoms with Gasteiger partial charge in [-0.2, -0.15) is 5.26 Å². The summed E-state index contributed by atoms with van der Waals surface area (Å²) in [5.74, 6) is 0. The van der Waals surface area contributed by atoms with Crippen LogP contribution in [0.15, 0.2) is 73.6 Å². The molecule has 3 rings (SSSR count). The second kappa shape index (κ2) is 6.37. The molecule has 0 saturated carbocycles. The molecule has 1 aromatic heterocycles. The van der Waals surface area contributed by atoms with Gasteiger partial charge < -0.3 is 4.57 Å². The number of hydrogen-bond acceptors (Lipinski definition) is 1. The average molecular weight is 298 g/mol. The fourth-order valence-electron chi connectivity index (χ4n) is 2.62. The molecular formula is C21H18N2. The third kappa shape index (κ3) is 3.25. The summed E-state index contributed by atoms with van der Waals surface area (Å²) < 4.78 is 2.01. The third-order valence-corrected chi connectivity index (χ3v) is 3.93. The molecule has 2 nitrogen and oxygen atoms in total. The summed E-state index contributed by atoms with van der Waals surface area (Å²) in [5.41, 5.74) is 6.20. The van der Waals surface area contributed by atoms with E-state index in [1.54, 1.807) is 0 Å². The Bertz CT molecular complexity index is 862. The monoisotopic (exact) mass is 298 g/mol. The third-order valence-electron chi connectivity index (χ3n) is 3.93. The van der Waals surface area contributed by atoms with Gasteiger partial charge in [0, 0.05) is 24.5 Å². The van der Waals surface area contributed by atoms with Crippen LogP contribution in [0.4, 0.5) is 0 Å². The van der Waals surface area contributed by atoms with Gasteiger partial charge in [0.2, 0.25) is 0 Å². The van der Waals surface area contributed by atoms with Crippen LogP contribution in [-0.2, 0) is 6.42 Å². The van der Waals surface area contributed by atoms with E-state index in [0.29, 0.717) is 0 Å². The zero-order valence-corrected chi connectivity index (χ0v) is 13.2. The van der Waals surface area contributed by atoms with E-state index in [9.17, 15) is 5.26 Å². The van der Waals surface area contributed by atoms with Gasteiger partial charge in [0.25, 0.3) is 0 Å². The van der Waals surface area contributed by atoms with Crippen molar-refractivity contribution in [3.05, 3.63) is 95.8 Å². The number of benzene rings is 2. The molecule has 0 bridgehead atoms. The van der Waals surface area contributed by atoms with E-state index in [-0.39, 0.29) is 0 Å². The van der Waals surface area contributed by atoms with E-state index in [1.807, 2.05) is 42.1 Å². The molecule has 112 valence electrons. The van der Waals surface area contributed by atoms with E-state index in [1.165, 1.54) is 5.56 Å². The van der Waals surface area contributed by atoms with Crippen molar-refractivity contribution in [3.8, 4) is 11.8 Å². The maximum atomic E-state index is 9.40. The van der Waals surface area contributed by atoms with Crippen molar-refractivity contribution in [3.63, 3.8) is 0 Å². The standard InChI is InChI=1S/C21H18N2/c1-16(2)18-8-10-21(11-9-18)23-14-19(20(13-22)15-23)12-17-6-4-3-5-7-17/h3-11,14-15H,1,12H2,2H3. The molecule has 0 aliphatic carbocycles. The highest BCUT2D eigenvalue weighted by Crippen LogP contribution is 2.20. The van der Waals surface area contributed by atoms with E-state index < -0.39 is 0 Å². The first kappa shape index (κ1) is 14.9. The van der Waals surface area contributed by atoms with E-state index >= 15 is 0 Å². The number of nitrogens with zero attached hydrogens (tertiary/aromatic N) is 2. The molecular weight excluding hydrogens is 280 g/mol. The fourth-order valence-corrected chi connectivity index (χ4v) is 2.62. The Morgan fingerprint density at radius 3 is 2.35 bits per heavy atom. The van der Waals surface area contributed by atoms with Crippen LogP contribution in [0.2, 0.25) is 0 Å². The van der Waals surface area contributed by atoms with Crippen LogP contribution >= 0.6 is 0 Å². The van der Waals surface area contributed by atoms with Gasteiger partial charge in [0.1, 0.15) is 6.07 Å². The van der Waals surface area contributed by atoms with Gasteiger partial charge in [0.05, 0.1) is 5.56 Å². The van der Waals surface area contributed by atoms with Crippen molar-refractivity contribution in [1.82, 2.24) is 4.57 Å². The van der Waals surface area contributed by atoms with Crippen LogP contribution in [0, 0.1) is 11.3 Å². The fraction of sp³-hybridized carbons (Fsp3) is 0.0952. The molecule has 0 spiro atoms. The molecule has 23 heavy (non-hydrogen) atoms. The highest BCUT2D eigenvalue weighted by atomic mass is 14.9. The van der Waals surface area contributed by atoms with Gasteiger partial charge in [-0.05, 0) is 35.7 Å². The summed E-state index contributed by atoms with van der Waals surface area (Å²) >= 11 is 0. The van der Waals surface area contributed by atoms with Gasteiger partial charge in [-0.3, -0.25) is 0 Å². The molecule has 1 heterocycles. The number of allylic oxidation sites excluding steroid dienone is 1. The molecule has 2 heteroatoms. The van der Waals surface area contributed by atoms with Crippen LogP contribution in [0.1, 0.15) is 29.2 Å². The topological polar surface area (TPSA) is 28.7 Å². The van der Waals surface area contributed by atoms with Crippen molar-refractivity contribution < 1.29 is 0 Å². The van der Waals surface area contributed by atoms with Gasteiger partial charge in [-0.25, -0.2) is 0 Å². The summed E-state index contributed by atoms with van der Waals surface area (Å²) in [5, 5.41) is 9.40. The summed E-state index contributed by atoms with van der Waals surface area (Å²) in [6.45, 7) is 5.95. The zero-order valence-electron chi connectivity index (χ0n) is 13.2. The molecule has 0 aliphatic rings. The van der Waals surface area contributed by atoms with Crippen LogP contribution in [0.25, 0.3) is 11.3 Å². The normalized spacial score (nSPS) is 10.3. The van der Waals surface area contributed by atoms with Crippen molar-refractivity contribution in [2.45, 2.75) is 13.3 Å². The summed E-state index contributed by atoms with van der Waals surface area (Å²) in [7, 11) is 0. The van der Waals surface area contributed by atoms with Gasteiger partial charge >= 0.3 is 0 Å². The Morgan fingerprint density at radius 1 is 1.04 bits per heavy atom. The number of hydrogen-bond donors (Lipinski definition) is 0. The Balaban J connectivity index is 1.92. The first-order valence-corrected chi connectivity index (χ1v) is 7.58. The maximum Gasteiger partial charge on any atom is 0.101 e. The highest BCUT2D eigenvalue weighted by molar-refractivity contribution is 5.62. The van der Waals surface area contributed by atoms with Crippen LogP contribution in [0.5, 0.6) is 0 Å². The van der Waals surface area contributed by atoms with Crippen LogP contribution < -0.4 is 0 Å². The summed E-state index contributed by atoms with van der Waals surface area (Å²) in [6, 6.07) is 20.7. The molecule has 2 aromatic carbocycles. The second-order valence-corrected chi connectivity index (χ2v) is 5.71. The van der Waals surface area contributed by atoms with Crippen molar-refractivity contribution in [2.75, 3.05) is 0 Å². The first-order valence-electron chi connectivity index (χ1n) is 7.58. The minimum atomic E-state index is 0.720. The Kier molecular flexibility index (Phi) is 4.12. The van der Waals surface area contributed by atoms with Crippen molar-refractivity contribution >= 4 is 5.57 Å². The van der Waals surface area contributed by atoms with E-state index in [2.05, 4.69) is 49.0 Å². The lowest BCUT2D eigenvalue weighted by Gasteiger charge is -2.05. The second-order valence-electron chi connectivity index (χ2n) is 5.71. The largest absolute Gasteiger partial charge is 0.322 e.